The number of aromatic amines is 2. The SMILES string of the molecule is CC(NC(=O)CCCl)c1ccc2[nH]c(=O)[nH]c2c1. The zero-order valence-corrected chi connectivity index (χ0v) is 10.7. The first kappa shape index (κ1) is 12.7. The third kappa shape index (κ3) is 2.73. The molecule has 3 N–H and O–H groups in total. The van der Waals surface area contributed by atoms with Crippen molar-refractivity contribution in [1.29, 1.82) is 0 Å². The van der Waals surface area contributed by atoms with E-state index in [1.165, 1.54) is 0 Å². The number of hydrogen-bond donors (Lipinski definition) is 3. The van der Waals surface area contributed by atoms with E-state index in [0.717, 1.165) is 16.6 Å². The zero-order valence-electron chi connectivity index (χ0n) is 9.92. The minimum absolute atomic E-state index is 0.0832. The van der Waals surface area contributed by atoms with Crippen molar-refractivity contribution in [3.8, 4) is 0 Å². The van der Waals surface area contributed by atoms with Crippen LogP contribution in [-0.4, -0.2) is 21.8 Å². The Morgan fingerprint density at radius 2 is 2.11 bits per heavy atom. The summed E-state index contributed by atoms with van der Waals surface area (Å²) in [7, 11) is 0. The van der Waals surface area contributed by atoms with Gasteiger partial charge in [0.05, 0.1) is 17.1 Å². The summed E-state index contributed by atoms with van der Waals surface area (Å²) in [4.78, 5) is 27.9. The Hall–Kier alpha value is -1.75. The van der Waals surface area contributed by atoms with Crippen LogP contribution in [0.4, 0.5) is 0 Å². The molecule has 0 bridgehead atoms. The van der Waals surface area contributed by atoms with E-state index >= 15 is 0 Å². The van der Waals surface area contributed by atoms with Crippen LogP contribution in [0.3, 0.4) is 0 Å². The number of amides is 1. The molecule has 1 unspecified atom stereocenters. The molecule has 1 amide bonds. The van der Waals surface area contributed by atoms with Crippen LogP contribution in [0, 0.1) is 0 Å². The molecule has 2 rings (SSSR count). The average molecular weight is 268 g/mol. The van der Waals surface area contributed by atoms with Gasteiger partial charge in [-0.2, -0.15) is 0 Å². The van der Waals surface area contributed by atoms with E-state index in [2.05, 4.69) is 15.3 Å². The maximum Gasteiger partial charge on any atom is 0.323 e. The number of fused-ring (bicyclic) bond motifs is 1. The monoisotopic (exact) mass is 267 g/mol. The first-order chi connectivity index (χ1) is 8.60. The molecule has 0 aliphatic rings. The number of benzene rings is 1. The number of carbonyl (C=O) groups excluding carboxylic acids is 1. The van der Waals surface area contributed by atoms with E-state index in [0.29, 0.717) is 12.3 Å². The molecule has 5 nitrogen and oxygen atoms in total. The third-order valence-electron chi connectivity index (χ3n) is 2.74. The second kappa shape index (κ2) is 5.27. The summed E-state index contributed by atoms with van der Waals surface area (Å²) in [6.45, 7) is 1.89. The molecule has 1 aromatic carbocycles. The molecule has 18 heavy (non-hydrogen) atoms. The fourth-order valence-corrected chi connectivity index (χ4v) is 1.97. The largest absolute Gasteiger partial charge is 0.350 e. The molecular formula is C12H14ClN3O2. The Balaban J connectivity index is 2.19. The van der Waals surface area contributed by atoms with E-state index in [1.54, 1.807) is 0 Å². The van der Waals surface area contributed by atoms with Gasteiger partial charge in [-0.05, 0) is 24.6 Å². The molecule has 0 saturated heterocycles. The number of H-pyrrole nitrogens is 2. The minimum atomic E-state index is -0.235. The van der Waals surface area contributed by atoms with Crippen LogP contribution >= 0.6 is 11.6 Å². The highest BCUT2D eigenvalue weighted by molar-refractivity contribution is 6.18. The third-order valence-corrected chi connectivity index (χ3v) is 2.93. The number of nitrogens with one attached hydrogen (secondary N) is 3. The highest BCUT2D eigenvalue weighted by Gasteiger charge is 2.10. The van der Waals surface area contributed by atoms with E-state index in [9.17, 15) is 9.59 Å². The van der Waals surface area contributed by atoms with Gasteiger partial charge in [-0.1, -0.05) is 6.07 Å². The van der Waals surface area contributed by atoms with Crippen LogP contribution in [0.25, 0.3) is 11.0 Å². The molecule has 0 aliphatic heterocycles. The number of carbonyl (C=O) groups is 1. The zero-order chi connectivity index (χ0) is 13.1. The Bertz CT molecular complexity index is 617. The lowest BCUT2D eigenvalue weighted by atomic mass is 10.1. The van der Waals surface area contributed by atoms with Gasteiger partial charge in [0, 0.05) is 12.3 Å². The van der Waals surface area contributed by atoms with Gasteiger partial charge in [-0.25, -0.2) is 4.79 Å². The molecule has 0 aliphatic carbocycles. The molecule has 1 aromatic heterocycles. The Morgan fingerprint density at radius 3 is 2.83 bits per heavy atom. The average Bonchev–Trinajstić information content (AvgIpc) is 2.68. The van der Waals surface area contributed by atoms with Crippen molar-refractivity contribution in [2.45, 2.75) is 19.4 Å². The lowest BCUT2D eigenvalue weighted by molar-refractivity contribution is -0.121. The van der Waals surface area contributed by atoms with Gasteiger partial charge in [0.15, 0.2) is 0 Å². The smallest absolute Gasteiger partial charge is 0.323 e. The Morgan fingerprint density at radius 1 is 1.39 bits per heavy atom. The van der Waals surface area contributed by atoms with Crippen LogP contribution < -0.4 is 11.0 Å². The van der Waals surface area contributed by atoms with Crippen molar-refractivity contribution in [3.63, 3.8) is 0 Å². The lowest BCUT2D eigenvalue weighted by Crippen LogP contribution is -2.26. The van der Waals surface area contributed by atoms with Gasteiger partial charge in [0.1, 0.15) is 0 Å². The van der Waals surface area contributed by atoms with Crippen molar-refractivity contribution < 1.29 is 4.79 Å². The molecule has 1 atom stereocenters. The van der Waals surface area contributed by atoms with Gasteiger partial charge in [-0.3, -0.25) is 4.79 Å². The standard InChI is InChI=1S/C12H14ClN3O2/c1-7(14-11(17)4-5-13)8-2-3-9-10(6-8)16-12(18)15-9/h2-3,6-7H,4-5H2,1H3,(H,14,17)(H2,15,16,18). The predicted molar refractivity (Wildman–Crippen MR) is 70.8 cm³/mol. The second-order valence-electron chi connectivity index (χ2n) is 4.11. The van der Waals surface area contributed by atoms with E-state index < -0.39 is 0 Å². The predicted octanol–water partition coefficient (Wildman–Crippen LogP) is 1.66. The first-order valence-electron chi connectivity index (χ1n) is 5.67. The van der Waals surface area contributed by atoms with Crippen LogP contribution in [0.1, 0.15) is 24.9 Å². The molecule has 1 heterocycles. The summed E-state index contributed by atoms with van der Waals surface area (Å²) >= 11 is 5.50. The normalized spacial score (nSPS) is 12.6. The summed E-state index contributed by atoms with van der Waals surface area (Å²) in [5.74, 6) is 0.225. The van der Waals surface area contributed by atoms with Gasteiger partial charge in [-0.15, -0.1) is 11.6 Å². The summed E-state index contributed by atoms with van der Waals surface area (Å²) in [5, 5.41) is 2.84. The van der Waals surface area contributed by atoms with Crippen molar-refractivity contribution in [1.82, 2.24) is 15.3 Å². The minimum Gasteiger partial charge on any atom is -0.350 e. The number of alkyl halides is 1. The van der Waals surface area contributed by atoms with Crippen LogP contribution in [-0.2, 0) is 4.79 Å². The molecule has 0 saturated carbocycles. The number of halogens is 1. The fourth-order valence-electron chi connectivity index (χ4n) is 1.80. The number of rotatable bonds is 4. The highest BCUT2D eigenvalue weighted by atomic mass is 35.5. The quantitative estimate of drug-likeness (QED) is 0.737. The van der Waals surface area contributed by atoms with E-state index in [4.69, 9.17) is 11.6 Å². The fraction of sp³-hybridized carbons (Fsp3) is 0.333. The Kier molecular flexibility index (Phi) is 3.72. The second-order valence-corrected chi connectivity index (χ2v) is 4.49. The number of imidazole rings is 1. The van der Waals surface area contributed by atoms with Crippen LogP contribution in [0.5, 0.6) is 0 Å². The first-order valence-corrected chi connectivity index (χ1v) is 6.21. The van der Waals surface area contributed by atoms with Gasteiger partial charge < -0.3 is 15.3 Å². The molecular weight excluding hydrogens is 254 g/mol. The summed E-state index contributed by atoms with van der Waals surface area (Å²) in [6, 6.07) is 5.41. The molecule has 0 spiro atoms. The maximum absolute atomic E-state index is 11.4. The summed E-state index contributed by atoms with van der Waals surface area (Å²) in [6.07, 6.45) is 0.301. The molecule has 6 heteroatoms. The molecule has 96 valence electrons. The number of aromatic nitrogens is 2. The van der Waals surface area contributed by atoms with E-state index in [-0.39, 0.29) is 17.6 Å². The molecule has 0 fully saturated rings. The summed E-state index contributed by atoms with van der Waals surface area (Å²) < 4.78 is 0. The van der Waals surface area contributed by atoms with Crippen molar-refractivity contribution >= 4 is 28.5 Å². The van der Waals surface area contributed by atoms with Crippen molar-refractivity contribution in [2.75, 3.05) is 5.88 Å². The van der Waals surface area contributed by atoms with Crippen molar-refractivity contribution in [2.24, 2.45) is 0 Å². The lowest BCUT2D eigenvalue weighted by Gasteiger charge is -2.13. The maximum atomic E-state index is 11.4. The summed E-state index contributed by atoms with van der Waals surface area (Å²) in [5.41, 5.74) is 2.18. The number of hydrogen-bond acceptors (Lipinski definition) is 2. The topological polar surface area (TPSA) is 77.8 Å². The van der Waals surface area contributed by atoms with Gasteiger partial charge in [0.25, 0.3) is 0 Å². The van der Waals surface area contributed by atoms with Gasteiger partial charge in [0.2, 0.25) is 5.91 Å². The van der Waals surface area contributed by atoms with Crippen molar-refractivity contribution in [3.05, 3.63) is 34.2 Å². The molecule has 2 aromatic rings. The van der Waals surface area contributed by atoms with Crippen LogP contribution in [0.2, 0.25) is 0 Å². The van der Waals surface area contributed by atoms with Gasteiger partial charge >= 0.3 is 5.69 Å². The Labute approximate surface area is 109 Å². The van der Waals surface area contributed by atoms with Crippen LogP contribution in [0.15, 0.2) is 23.0 Å². The van der Waals surface area contributed by atoms with E-state index in [1.807, 2.05) is 25.1 Å². The highest BCUT2D eigenvalue weighted by Crippen LogP contribution is 2.17. The molecule has 0 radical (unpaired) electrons.